The van der Waals surface area contributed by atoms with Gasteiger partial charge in [0.25, 0.3) is 0 Å². The molecule has 34 heavy (non-hydrogen) atoms. The quantitative estimate of drug-likeness (QED) is 0.603. The summed E-state index contributed by atoms with van der Waals surface area (Å²) in [6.45, 7) is 14.2. The van der Waals surface area contributed by atoms with Crippen molar-refractivity contribution in [3.63, 3.8) is 0 Å². The van der Waals surface area contributed by atoms with Crippen LogP contribution in [-0.2, 0) is 9.59 Å². The third kappa shape index (κ3) is 4.31. The summed E-state index contributed by atoms with van der Waals surface area (Å²) in [6.07, 6.45) is 0. The van der Waals surface area contributed by atoms with Gasteiger partial charge in [-0.1, -0.05) is 11.8 Å². The molecule has 0 bridgehead atoms. The molecule has 180 valence electrons. The molecule has 2 saturated heterocycles. The summed E-state index contributed by atoms with van der Waals surface area (Å²) < 4.78 is 0. The van der Waals surface area contributed by atoms with Gasteiger partial charge >= 0.3 is 0 Å². The molecule has 0 atom stereocenters. The molecule has 0 saturated carbocycles. The van der Waals surface area contributed by atoms with E-state index in [2.05, 4.69) is 53.2 Å². The summed E-state index contributed by atoms with van der Waals surface area (Å²) >= 11 is 1.83. The van der Waals surface area contributed by atoms with Crippen LogP contribution in [0.1, 0.15) is 25.0 Å². The Hall–Kier alpha value is -2.87. The summed E-state index contributed by atoms with van der Waals surface area (Å²) in [4.78, 5) is 34.5. The van der Waals surface area contributed by atoms with Crippen LogP contribution in [-0.4, -0.2) is 74.0 Å². The van der Waals surface area contributed by atoms with Crippen molar-refractivity contribution in [1.29, 1.82) is 0 Å². The van der Waals surface area contributed by atoms with Gasteiger partial charge in [-0.2, -0.15) is 0 Å². The standard InChI is InChI=1S/C26H33N5O2S/c1-17-13-21(30-9-5-28(6-10-30)19(3)32)15-23-25(17)27-26-18(2)14-22(16-24(26)34-23)31-11-7-29(8-12-31)20(4)33/h13-16,27H,5-12H2,1-4H3. The lowest BCUT2D eigenvalue weighted by atomic mass is 10.1. The predicted octanol–water partition coefficient (Wildman–Crippen LogP) is 3.85. The second-order valence-corrected chi connectivity index (χ2v) is 10.6. The Kier molecular flexibility index (Phi) is 6.10. The fourth-order valence-electron chi connectivity index (χ4n) is 5.12. The van der Waals surface area contributed by atoms with E-state index >= 15 is 0 Å². The van der Waals surface area contributed by atoms with Gasteiger partial charge in [-0.05, 0) is 49.2 Å². The summed E-state index contributed by atoms with van der Waals surface area (Å²) in [5.41, 5.74) is 7.31. The number of carbonyl (C=O) groups excluding carboxylic acids is 2. The molecule has 2 aromatic rings. The normalized spacial score (nSPS) is 17.8. The van der Waals surface area contributed by atoms with Gasteiger partial charge in [0.1, 0.15) is 0 Å². The zero-order valence-electron chi connectivity index (χ0n) is 20.5. The van der Waals surface area contributed by atoms with Gasteiger partial charge in [0.05, 0.1) is 11.4 Å². The molecule has 2 aromatic carbocycles. The molecule has 0 aliphatic carbocycles. The summed E-state index contributed by atoms with van der Waals surface area (Å²) in [7, 11) is 0. The second kappa shape index (κ2) is 9.06. The zero-order chi connectivity index (χ0) is 24.0. The van der Waals surface area contributed by atoms with Crippen molar-refractivity contribution >= 4 is 46.3 Å². The van der Waals surface area contributed by atoms with Gasteiger partial charge in [0.15, 0.2) is 0 Å². The van der Waals surface area contributed by atoms with Gasteiger partial charge < -0.3 is 24.9 Å². The number of fused-ring (bicyclic) bond motifs is 2. The summed E-state index contributed by atoms with van der Waals surface area (Å²) in [6, 6.07) is 9.11. The van der Waals surface area contributed by atoms with Crippen molar-refractivity contribution in [3.8, 4) is 0 Å². The first-order chi connectivity index (χ1) is 16.3. The molecule has 2 amide bonds. The molecule has 2 fully saturated rings. The first-order valence-corrected chi connectivity index (χ1v) is 12.9. The van der Waals surface area contributed by atoms with Crippen molar-refractivity contribution < 1.29 is 9.59 Å². The van der Waals surface area contributed by atoms with E-state index in [0.717, 1.165) is 52.4 Å². The van der Waals surface area contributed by atoms with Crippen molar-refractivity contribution in [2.45, 2.75) is 37.5 Å². The van der Waals surface area contributed by atoms with Crippen molar-refractivity contribution in [2.24, 2.45) is 0 Å². The number of nitrogens with one attached hydrogen (secondary N) is 1. The average molecular weight is 480 g/mol. The first kappa shape index (κ1) is 22.9. The third-order valence-corrected chi connectivity index (χ3v) is 8.30. The minimum atomic E-state index is 0.159. The van der Waals surface area contributed by atoms with Gasteiger partial charge in [-0.15, -0.1) is 0 Å². The lowest BCUT2D eigenvalue weighted by molar-refractivity contribution is -0.129. The number of rotatable bonds is 2. The van der Waals surface area contributed by atoms with Gasteiger partial charge in [-0.25, -0.2) is 0 Å². The van der Waals surface area contributed by atoms with E-state index in [1.807, 2.05) is 21.6 Å². The highest BCUT2D eigenvalue weighted by Gasteiger charge is 2.26. The van der Waals surface area contributed by atoms with Gasteiger partial charge in [0.2, 0.25) is 11.8 Å². The summed E-state index contributed by atoms with van der Waals surface area (Å²) in [5, 5.41) is 3.72. The molecule has 5 rings (SSSR count). The van der Waals surface area contributed by atoms with Crippen LogP contribution in [0.5, 0.6) is 0 Å². The van der Waals surface area contributed by atoms with Crippen LogP contribution < -0.4 is 15.1 Å². The fraction of sp³-hybridized carbons (Fsp3) is 0.462. The minimum Gasteiger partial charge on any atom is -0.368 e. The molecule has 0 aromatic heterocycles. The van der Waals surface area contributed by atoms with Crippen molar-refractivity contribution in [1.82, 2.24) is 9.80 Å². The third-order valence-electron chi connectivity index (χ3n) is 7.22. The predicted molar refractivity (Wildman–Crippen MR) is 139 cm³/mol. The monoisotopic (exact) mass is 479 g/mol. The number of piperazine rings is 2. The first-order valence-electron chi connectivity index (χ1n) is 12.1. The molecule has 3 aliphatic heterocycles. The highest BCUT2D eigenvalue weighted by atomic mass is 32.2. The number of benzene rings is 2. The lowest BCUT2D eigenvalue weighted by Crippen LogP contribution is -2.48. The van der Waals surface area contributed by atoms with Crippen LogP contribution >= 0.6 is 11.8 Å². The SMILES string of the molecule is CC(=O)N1CCN(c2cc(C)c3c(c2)Sc2cc(N4CCN(C(C)=O)CC4)cc(C)c2N3)CC1. The Morgan fingerprint density at radius 2 is 1.06 bits per heavy atom. The number of anilines is 4. The number of nitrogens with zero attached hydrogens (tertiary/aromatic N) is 4. The van der Waals surface area contributed by atoms with E-state index < -0.39 is 0 Å². The van der Waals surface area contributed by atoms with E-state index in [9.17, 15) is 9.59 Å². The molecular formula is C26H33N5O2S. The molecule has 0 spiro atoms. The summed E-state index contributed by atoms with van der Waals surface area (Å²) in [5.74, 6) is 0.318. The number of hydrogen-bond acceptors (Lipinski definition) is 6. The van der Waals surface area contributed by atoms with Crippen LogP contribution in [0, 0.1) is 13.8 Å². The van der Waals surface area contributed by atoms with Crippen LogP contribution in [0.2, 0.25) is 0 Å². The second-order valence-electron chi connectivity index (χ2n) is 9.48. The fourth-order valence-corrected chi connectivity index (χ4v) is 6.35. The zero-order valence-corrected chi connectivity index (χ0v) is 21.3. The molecule has 0 radical (unpaired) electrons. The Balaban J connectivity index is 1.37. The van der Waals surface area contributed by atoms with Crippen LogP contribution in [0.4, 0.5) is 22.7 Å². The maximum absolute atomic E-state index is 11.7. The number of amides is 2. The minimum absolute atomic E-state index is 0.159. The maximum Gasteiger partial charge on any atom is 0.219 e. The Labute approximate surface area is 206 Å². The number of carbonyl (C=O) groups is 2. The maximum atomic E-state index is 11.7. The van der Waals surface area contributed by atoms with E-state index in [1.165, 1.54) is 43.7 Å². The highest BCUT2D eigenvalue weighted by molar-refractivity contribution is 7.99. The molecule has 3 heterocycles. The van der Waals surface area contributed by atoms with Gasteiger partial charge in [0, 0.05) is 87.4 Å². The average Bonchev–Trinajstić information content (AvgIpc) is 2.83. The molecule has 8 heteroatoms. The Morgan fingerprint density at radius 3 is 1.41 bits per heavy atom. The molecule has 0 unspecified atom stereocenters. The van der Waals surface area contributed by atoms with Crippen LogP contribution in [0.3, 0.4) is 0 Å². The molecule has 1 N–H and O–H groups in total. The van der Waals surface area contributed by atoms with Crippen molar-refractivity contribution in [3.05, 3.63) is 35.4 Å². The smallest absolute Gasteiger partial charge is 0.219 e. The molecule has 3 aliphatic rings. The Bertz CT molecular complexity index is 1050. The number of hydrogen-bond donors (Lipinski definition) is 1. The van der Waals surface area contributed by atoms with E-state index in [-0.39, 0.29) is 11.8 Å². The van der Waals surface area contributed by atoms with E-state index in [0.29, 0.717) is 0 Å². The molecule has 7 nitrogen and oxygen atoms in total. The van der Waals surface area contributed by atoms with E-state index in [4.69, 9.17) is 0 Å². The van der Waals surface area contributed by atoms with Crippen LogP contribution in [0.25, 0.3) is 0 Å². The topological polar surface area (TPSA) is 59.1 Å². The number of aryl methyl sites for hydroxylation is 2. The van der Waals surface area contributed by atoms with Gasteiger partial charge in [-0.3, -0.25) is 9.59 Å². The van der Waals surface area contributed by atoms with Crippen molar-refractivity contribution in [2.75, 3.05) is 67.5 Å². The van der Waals surface area contributed by atoms with E-state index in [1.54, 1.807) is 13.8 Å². The highest BCUT2D eigenvalue weighted by Crippen LogP contribution is 2.49. The lowest BCUT2D eigenvalue weighted by Gasteiger charge is -2.37. The Morgan fingerprint density at radius 1 is 0.676 bits per heavy atom. The molecular weight excluding hydrogens is 446 g/mol. The van der Waals surface area contributed by atoms with Crippen LogP contribution in [0.15, 0.2) is 34.1 Å². The largest absolute Gasteiger partial charge is 0.368 e.